The van der Waals surface area contributed by atoms with Crippen molar-refractivity contribution in [1.82, 2.24) is 4.98 Å². The molecular formula is C12H7N2. The first kappa shape index (κ1) is 8.46. The third-order valence-electron chi connectivity index (χ3n) is 1.87. The second-order valence-electron chi connectivity index (χ2n) is 2.82. The largest absolute Gasteiger partial charge is 0.256 e. The fourth-order valence-corrected chi connectivity index (χ4v) is 1.22. The van der Waals surface area contributed by atoms with Crippen molar-refractivity contribution in [3.05, 3.63) is 54.2 Å². The third-order valence-corrected chi connectivity index (χ3v) is 1.87. The number of hydrogen-bond acceptors (Lipinski definition) is 2. The third kappa shape index (κ3) is 1.62. The second-order valence-corrected chi connectivity index (χ2v) is 2.82. The van der Waals surface area contributed by atoms with Gasteiger partial charge in [0.05, 0.1) is 17.3 Å². The molecule has 65 valence electrons. The van der Waals surface area contributed by atoms with E-state index in [-0.39, 0.29) is 0 Å². The SMILES string of the molecule is N#Cc1cccc(-c2[c]cccn2)c1. The van der Waals surface area contributed by atoms with E-state index >= 15 is 0 Å². The topological polar surface area (TPSA) is 36.7 Å². The number of nitrogens with zero attached hydrogens (tertiary/aromatic N) is 2. The van der Waals surface area contributed by atoms with E-state index in [9.17, 15) is 0 Å². The van der Waals surface area contributed by atoms with Gasteiger partial charge in [-0.3, -0.25) is 4.98 Å². The Morgan fingerprint density at radius 1 is 1.29 bits per heavy atom. The molecule has 0 fully saturated rings. The molecule has 2 aromatic rings. The van der Waals surface area contributed by atoms with E-state index in [1.54, 1.807) is 24.4 Å². The van der Waals surface area contributed by atoms with Gasteiger partial charge in [0.25, 0.3) is 0 Å². The van der Waals surface area contributed by atoms with Gasteiger partial charge in [-0.15, -0.1) is 0 Å². The molecular weight excluding hydrogens is 172 g/mol. The van der Waals surface area contributed by atoms with Crippen molar-refractivity contribution in [3.63, 3.8) is 0 Å². The zero-order valence-electron chi connectivity index (χ0n) is 7.44. The van der Waals surface area contributed by atoms with Crippen LogP contribution in [-0.4, -0.2) is 4.98 Å². The second kappa shape index (κ2) is 3.71. The molecule has 0 spiro atoms. The zero-order valence-corrected chi connectivity index (χ0v) is 7.44. The van der Waals surface area contributed by atoms with Crippen LogP contribution in [0.15, 0.2) is 42.6 Å². The number of benzene rings is 1. The summed E-state index contributed by atoms with van der Waals surface area (Å²) in [5.41, 5.74) is 2.33. The van der Waals surface area contributed by atoms with E-state index in [1.807, 2.05) is 18.2 Å². The smallest absolute Gasteiger partial charge is 0.0991 e. The first-order chi connectivity index (χ1) is 6.90. The maximum Gasteiger partial charge on any atom is 0.0991 e. The number of pyridine rings is 1. The summed E-state index contributed by atoms with van der Waals surface area (Å²) in [4.78, 5) is 4.16. The Kier molecular flexibility index (Phi) is 2.24. The van der Waals surface area contributed by atoms with Crippen LogP contribution in [-0.2, 0) is 0 Å². The van der Waals surface area contributed by atoms with Gasteiger partial charge in [-0.2, -0.15) is 5.26 Å². The maximum atomic E-state index is 8.73. The van der Waals surface area contributed by atoms with Crippen molar-refractivity contribution in [2.45, 2.75) is 0 Å². The van der Waals surface area contributed by atoms with Crippen LogP contribution < -0.4 is 0 Å². The summed E-state index contributed by atoms with van der Waals surface area (Å²) in [6.45, 7) is 0. The molecule has 0 unspecified atom stereocenters. The van der Waals surface area contributed by atoms with Crippen molar-refractivity contribution in [2.75, 3.05) is 0 Å². The van der Waals surface area contributed by atoms with Crippen LogP contribution in [0, 0.1) is 17.4 Å². The number of hydrogen-bond donors (Lipinski definition) is 0. The Hall–Kier alpha value is -2.14. The van der Waals surface area contributed by atoms with Gasteiger partial charge < -0.3 is 0 Å². The minimum absolute atomic E-state index is 0.640. The first-order valence-electron chi connectivity index (χ1n) is 4.23. The van der Waals surface area contributed by atoms with E-state index in [0.717, 1.165) is 11.3 Å². The quantitative estimate of drug-likeness (QED) is 0.674. The molecule has 1 aromatic heterocycles. The van der Waals surface area contributed by atoms with Crippen LogP contribution in [0.3, 0.4) is 0 Å². The van der Waals surface area contributed by atoms with Crippen molar-refractivity contribution in [3.8, 4) is 17.3 Å². The maximum absolute atomic E-state index is 8.73. The van der Waals surface area contributed by atoms with Crippen LogP contribution in [0.5, 0.6) is 0 Å². The number of rotatable bonds is 1. The summed E-state index contributed by atoms with van der Waals surface area (Å²) in [5.74, 6) is 0. The molecule has 0 aliphatic carbocycles. The van der Waals surface area contributed by atoms with Crippen molar-refractivity contribution < 1.29 is 0 Å². The predicted octanol–water partition coefficient (Wildman–Crippen LogP) is 2.42. The molecule has 0 saturated heterocycles. The molecule has 0 aliphatic rings. The normalized spacial score (nSPS) is 9.36. The molecule has 0 bridgehead atoms. The minimum Gasteiger partial charge on any atom is -0.256 e. The zero-order chi connectivity index (χ0) is 9.80. The van der Waals surface area contributed by atoms with Gasteiger partial charge in [-0.1, -0.05) is 18.2 Å². The van der Waals surface area contributed by atoms with E-state index in [1.165, 1.54) is 0 Å². The Morgan fingerprint density at radius 2 is 2.21 bits per heavy atom. The summed E-state index contributed by atoms with van der Waals surface area (Å²) in [7, 11) is 0. The lowest BCUT2D eigenvalue weighted by molar-refractivity contribution is 1.32. The molecule has 0 atom stereocenters. The highest BCUT2D eigenvalue weighted by atomic mass is 14.7. The lowest BCUT2D eigenvalue weighted by atomic mass is 10.1. The molecule has 14 heavy (non-hydrogen) atoms. The van der Waals surface area contributed by atoms with Crippen LogP contribution in [0.2, 0.25) is 0 Å². The highest BCUT2D eigenvalue weighted by Crippen LogP contribution is 2.16. The van der Waals surface area contributed by atoms with Gasteiger partial charge in [-0.25, -0.2) is 0 Å². The van der Waals surface area contributed by atoms with Crippen LogP contribution >= 0.6 is 0 Å². The van der Waals surface area contributed by atoms with Crippen molar-refractivity contribution in [2.24, 2.45) is 0 Å². The molecule has 1 heterocycles. The predicted molar refractivity (Wildman–Crippen MR) is 53.2 cm³/mol. The van der Waals surface area contributed by atoms with Gasteiger partial charge in [0.15, 0.2) is 0 Å². The van der Waals surface area contributed by atoms with Gasteiger partial charge in [0.2, 0.25) is 0 Å². The van der Waals surface area contributed by atoms with Crippen molar-refractivity contribution in [1.29, 1.82) is 5.26 Å². The van der Waals surface area contributed by atoms with Gasteiger partial charge in [0.1, 0.15) is 0 Å². The molecule has 2 nitrogen and oxygen atoms in total. The highest BCUT2D eigenvalue weighted by Gasteiger charge is 1.98. The fraction of sp³-hybridized carbons (Fsp3) is 0. The Labute approximate surface area is 82.5 Å². The molecule has 0 amide bonds. The standard InChI is InChI=1S/C12H7N2/c13-9-10-4-3-5-11(8-10)12-6-1-2-7-14-12/h1-5,7-8H. The summed E-state index contributed by atoms with van der Waals surface area (Å²) in [6.07, 6.45) is 1.71. The molecule has 2 rings (SSSR count). The van der Waals surface area contributed by atoms with Crippen molar-refractivity contribution >= 4 is 0 Å². The van der Waals surface area contributed by atoms with Crippen LogP contribution in [0.1, 0.15) is 5.56 Å². The molecule has 1 aromatic carbocycles. The van der Waals surface area contributed by atoms with Gasteiger partial charge in [-0.05, 0) is 18.2 Å². The molecule has 0 aliphatic heterocycles. The molecule has 0 N–H and O–H groups in total. The van der Waals surface area contributed by atoms with Gasteiger partial charge in [0, 0.05) is 17.8 Å². The van der Waals surface area contributed by atoms with E-state index in [0.29, 0.717) is 5.56 Å². The molecule has 2 heteroatoms. The summed E-state index contributed by atoms with van der Waals surface area (Å²) < 4.78 is 0. The van der Waals surface area contributed by atoms with Gasteiger partial charge >= 0.3 is 0 Å². The van der Waals surface area contributed by atoms with E-state index in [2.05, 4.69) is 17.1 Å². The summed E-state index contributed by atoms with van der Waals surface area (Å²) in [5, 5.41) is 8.73. The number of aromatic nitrogens is 1. The fourth-order valence-electron chi connectivity index (χ4n) is 1.22. The lowest BCUT2D eigenvalue weighted by Gasteiger charge is -1.98. The minimum atomic E-state index is 0.640. The van der Waals surface area contributed by atoms with E-state index in [4.69, 9.17) is 5.26 Å². The van der Waals surface area contributed by atoms with Crippen LogP contribution in [0.25, 0.3) is 11.3 Å². The van der Waals surface area contributed by atoms with E-state index < -0.39 is 0 Å². The number of nitriles is 1. The Bertz CT molecular complexity index is 469. The Balaban J connectivity index is 2.49. The van der Waals surface area contributed by atoms with Crippen LogP contribution in [0.4, 0.5) is 0 Å². The molecule has 0 saturated carbocycles. The monoisotopic (exact) mass is 179 g/mol. The average molecular weight is 179 g/mol. The molecule has 1 radical (unpaired) electrons. The Morgan fingerprint density at radius 3 is 2.93 bits per heavy atom. The summed E-state index contributed by atoms with van der Waals surface area (Å²) >= 11 is 0. The highest BCUT2D eigenvalue weighted by molar-refractivity contribution is 5.60. The average Bonchev–Trinajstić information content (AvgIpc) is 2.30. The lowest BCUT2D eigenvalue weighted by Crippen LogP contribution is -1.83. The first-order valence-corrected chi connectivity index (χ1v) is 4.23. The summed E-state index contributed by atoms with van der Waals surface area (Å²) in [6, 6.07) is 16.1.